The summed E-state index contributed by atoms with van der Waals surface area (Å²) in [5.41, 5.74) is 3.31. The van der Waals surface area contributed by atoms with Crippen molar-refractivity contribution in [3.8, 4) is 0 Å². The van der Waals surface area contributed by atoms with Crippen molar-refractivity contribution in [3.05, 3.63) is 83.3 Å². The molecule has 0 aromatic heterocycles. The smallest absolute Gasteiger partial charge is 0.135 e. The Kier molecular flexibility index (Phi) is 3.78. The van der Waals surface area contributed by atoms with Crippen molar-refractivity contribution in [1.29, 1.82) is 0 Å². The first kappa shape index (κ1) is 14.9. The fourth-order valence-electron chi connectivity index (χ4n) is 2.52. The largest absolute Gasteiger partial charge is 0.247 e. The van der Waals surface area contributed by atoms with E-state index in [1.807, 2.05) is 42.5 Å². The van der Waals surface area contributed by atoms with E-state index in [2.05, 4.69) is 9.36 Å². The van der Waals surface area contributed by atoms with E-state index in [-0.39, 0.29) is 5.56 Å². The zero-order valence-electron chi connectivity index (χ0n) is 12.5. The molecule has 118 valence electrons. The molecule has 1 aliphatic rings. The van der Waals surface area contributed by atoms with E-state index in [1.54, 1.807) is 11.0 Å². The summed E-state index contributed by atoms with van der Waals surface area (Å²) in [6, 6.07) is 17.6. The summed E-state index contributed by atoms with van der Waals surface area (Å²) in [4.78, 5) is 4.23. The van der Waals surface area contributed by atoms with Gasteiger partial charge in [-0.2, -0.15) is 0 Å². The van der Waals surface area contributed by atoms with E-state index in [4.69, 9.17) is 0 Å². The lowest BCUT2D eigenvalue weighted by Gasteiger charge is -2.00. The van der Waals surface area contributed by atoms with Gasteiger partial charge in [-0.15, -0.1) is 0 Å². The Balaban J connectivity index is 1.68. The van der Waals surface area contributed by atoms with Gasteiger partial charge in [-0.25, -0.2) is 18.1 Å². The second-order valence-corrected chi connectivity index (χ2v) is 6.65. The van der Waals surface area contributed by atoms with Gasteiger partial charge in [0.15, 0.2) is 0 Å². The molecular formula is C19H12F2N2S. The number of hydrogen-bond donors (Lipinski definition) is 0. The third-order valence-corrected chi connectivity index (χ3v) is 4.89. The minimum Gasteiger partial charge on any atom is -0.247 e. The molecule has 24 heavy (non-hydrogen) atoms. The van der Waals surface area contributed by atoms with Crippen LogP contribution in [0.2, 0.25) is 0 Å². The second kappa shape index (κ2) is 6.09. The molecule has 0 bridgehead atoms. The standard InChI is InChI=1S/C19H12F2N2S/c20-15-6-8-17(18(21)10-15)19-11-24(12-22-19)23-16-7-5-13-3-1-2-4-14(13)9-16/h1-12H. The van der Waals surface area contributed by atoms with E-state index in [9.17, 15) is 8.78 Å². The van der Waals surface area contributed by atoms with Gasteiger partial charge in [0.2, 0.25) is 0 Å². The molecule has 0 saturated carbocycles. The molecule has 0 spiro atoms. The Morgan fingerprint density at radius 1 is 0.875 bits per heavy atom. The average Bonchev–Trinajstić information content (AvgIpc) is 3.03. The molecule has 2 nitrogen and oxygen atoms in total. The third-order valence-electron chi connectivity index (χ3n) is 3.68. The van der Waals surface area contributed by atoms with Crippen LogP contribution in [-0.2, 0) is 10.7 Å². The summed E-state index contributed by atoms with van der Waals surface area (Å²) in [5, 5.41) is 4.07. The van der Waals surface area contributed by atoms with Crippen LogP contribution in [0.15, 0.2) is 75.4 Å². The minimum absolute atomic E-state index is 0.288. The van der Waals surface area contributed by atoms with Crippen molar-refractivity contribution in [2.45, 2.75) is 0 Å². The zero-order chi connectivity index (χ0) is 16.5. The van der Waals surface area contributed by atoms with Crippen LogP contribution in [-0.4, -0.2) is 5.55 Å². The molecule has 4 rings (SSSR count). The van der Waals surface area contributed by atoms with Gasteiger partial charge in [-0.3, -0.25) is 0 Å². The van der Waals surface area contributed by atoms with Crippen molar-refractivity contribution in [3.63, 3.8) is 0 Å². The van der Waals surface area contributed by atoms with E-state index >= 15 is 0 Å². The molecule has 0 fully saturated rings. The summed E-state index contributed by atoms with van der Waals surface area (Å²) in [5.74, 6) is -1.21. The van der Waals surface area contributed by atoms with Gasteiger partial charge in [0, 0.05) is 17.0 Å². The molecule has 1 unspecified atom stereocenters. The van der Waals surface area contributed by atoms with Crippen molar-refractivity contribution in [1.82, 2.24) is 0 Å². The van der Waals surface area contributed by atoms with Crippen molar-refractivity contribution >= 4 is 38.4 Å². The van der Waals surface area contributed by atoms with Crippen LogP contribution in [0.5, 0.6) is 0 Å². The topological polar surface area (TPSA) is 24.7 Å². The maximum Gasteiger partial charge on any atom is 0.135 e. The van der Waals surface area contributed by atoms with E-state index < -0.39 is 22.3 Å². The third kappa shape index (κ3) is 2.90. The summed E-state index contributed by atoms with van der Waals surface area (Å²) >= 11 is 0. The molecule has 0 amide bonds. The zero-order valence-corrected chi connectivity index (χ0v) is 13.3. The molecule has 0 aliphatic carbocycles. The fourth-order valence-corrected chi connectivity index (χ4v) is 3.68. The Bertz CT molecular complexity index is 1040. The van der Waals surface area contributed by atoms with Gasteiger partial charge in [0.05, 0.1) is 16.9 Å². The highest BCUT2D eigenvalue weighted by atomic mass is 32.2. The first-order chi connectivity index (χ1) is 11.7. The van der Waals surface area contributed by atoms with Crippen molar-refractivity contribution in [2.24, 2.45) is 9.36 Å². The van der Waals surface area contributed by atoms with E-state index in [1.165, 1.54) is 12.1 Å². The Labute approximate surface area is 140 Å². The van der Waals surface area contributed by atoms with Crippen LogP contribution in [0.4, 0.5) is 14.5 Å². The number of fused-ring (bicyclic) bond motifs is 1. The highest BCUT2D eigenvalue weighted by Crippen LogP contribution is 2.27. The number of halogens is 2. The lowest BCUT2D eigenvalue weighted by Crippen LogP contribution is -1.88. The number of nitrogens with zero attached hydrogens (tertiary/aromatic N) is 2. The maximum atomic E-state index is 13.8. The highest BCUT2D eigenvalue weighted by molar-refractivity contribution is 8.03. The Hall–Kier alpha value is -2.66. The quantitative estimate of drug-likeness (QED) is 0.582. The van der Waals surface area contributed by atoms with E-state index in [0.29, 0.717) is 5.70 Å². The Morgan fingerprint density at radius 3 is 2.54 bits per heavy atom. The predicted octanol–water partition coefficient (Wildman–Crippen LogP) is 5.59. The molecule has 0 radical (unpaired) electrons. The van der Waals surface area contributed by atoms with Crippen LogP contribution in [0.3, 0.4) is 0 Å². The monoisotopic (exact) mass is 338 g/mol. The van der Waals surface area contributed by atoms with Crippen LogP contribution in [0, 0.1) is 11.6 Å². The maximum absolute atomic E-state index is 13.8. The average molecular weight is 338 g/mol. The van der Waals surface area contributed by atoms with Gasteiger partial charge >= 0.3 is 0 Å². The van der Waals surface area contributed by atoms with Gasteiger partial charge in [-0.05, 0) is 45.7 Å². The number of hydrogen-bond acceptors (Lipinski definition) is 2. The number of benzene rings is 3. The van der Waals surface area contributed by atoms with Crippen LogP contribution < -0.4 is 0 Å². The molecule has 3 aromatic rings. The van der Waals surface area contributed by atoms with Gasteiger partial charge in [-0.1, -0.05) is 30.3 Å². The van der Waals surface area contributed by atoms with Crippen LogP contribution in [0.1, 0.15) is 5.56 Å². The van der Waals surface area contributed by atoms with Crippen LogP contribution >= 0.6 is 0 Å². The summed E-state index contributed by atoms with van der Waals surface area (Å²) in [7, 11) is -0.554. The molecule has 3 aromatic carbocycles. The lowest BCUT2D eigenvalue weighted by atomic mass is 10.1. The normalized spacial score (nSPS) is 16.8. The summed E-state index contributed by atoms with van der Waals surface area (Å²) < 4.78 is 31.5. The lowest BCUT2D eigenvalue weighted by molar-refractivity contribution is 0.581. The van der Waals surface area contributed by atoms with Gasteiger partial charge in [0.25, 0.3) is 0 Å². The highest BCUT2D eigenvalue weighted by Gasteiger charge is 2.12. The molecule has 1 aliphatic heterocycles. The Morgan fingerprint density at radius 2 is 1.71 bits per heavy atom. The molecule has 0 saturated heterocycles. The minimum atomic E-state index is -0.616. The van der Waals surface area contributed by atoms with Crippen LogP contribution in [0.25, 0.3) is 16.5 Å². The molecule has 5 heteroatoms. The molecule has 1 heterocycles. The fraction of sp³-hybridized carbons (Fsp3) is 0. The first-order valence-corrected chi connectivity index (χ1v) is 8.64. The first-order valence-electron chi connectivity index (χ1n) is 7.33. The second-order valence-electron chi connectivity index (χ2n) is 5.33. The van der Waals surface area contributed by atoms with Gasteiger partial charge in [0.1, 0.15) is 11.6 Å². The van der Waals surface area contributed by atoms with Gasteiger partial charge < -0.3 is 0 Å². The summed E-state index contributed by atoms with van der Waals surface area (Å²) in [6.45, 7) is 0. The molecule has 1 atom stereocenters. The van der Waals surface area contributed by atoms with Crippen molar-refractivity contribution < 1.29 is 8.78 Å². The molecular weight excluding hydrogens is 326 g/mol. The number of rotatable bonds is 2. The molecule has 0 N–H and O–H groups in total. The van der Waals surface area contributed by atoms with E-state index in [0.717, 1.165) is 22.5 Å². The SMILES string of the molecule is Fc1ccc(C2=CS(=Nc3ccc4ccccc4c3)C=N2)c(F)c1. The predicted molar refractivity (Wildman–Crippen MR) is 96.2 cm³/mol. The number of aliphatic imine (C=N–C) groups is 1. The van der Waals surface area contributed by atoms with Crippen molar-refractivity contribution in [2.75, 3.05) is 0 Å². The summed E-state index contributed by atoms with van der Waals surface area (Å²) in [6.07, 6.45) is 0.